The van der Waals surface area contributed by atoms with Gasteiger partial charge in [0.15, 0.2) is 18.0 Å². The summed E-state index contributed by atoms with van der Waals surface area (Å²) in [6.45, 7) is 7.06. The van der Waals surface area contributed by atoms with Gasteiger partial charge in [-0.15, -0.1) is 0 Å². The van der Waals surface area contributed by atoms with Crippen LogP contribution in [-0.2, 0) is 28.6 Å². The van der Waals surface area contributed by atoms with Crippen LogP contribution < -0.4 is 5.32 Å². The number of aliphatic hydroxyl groups is 5. The molecule has 10 atom stereocenters. The second-order valence-electron chi connectivity index (χ2n) is 15.1. The van der Waals surface area contributed by atoms with Gasteiger partial charge >= 0.3 is 11.9 Å². The van der Waals surface area contributed by atoms with E-state index in [0.29, 0.717) is 17.5 Å². The number of hydrogen-bond donors (Lipinski definition) is 6. The smallest absolute Gasteiger partial charge is 0.338 e. The van der Waals surface area contributed by atoms with Gasteiger partial charge in [-0.2, -0.15) is 0 Å². The Balaban J connectivity index is 1.54. The molecule has 2 aromatic carbocycles. The van der Waals surface area contributed by atoms with Gasteiger partial charge in [0, 0.05) is 48.5 Å². The van der Waals surface area contributed by atoms with Crippen LogP contribution in [-0.4, -0.2) is 105 Å². The molecule has 1 saturated carbocycles. The number of rotatable bonds is 12. The number of nitrogens with one attached hydrogen (secondary N) is 1. The van der Waals surface area contributed by atoms with Crippen molar-refractivity contribution >= 4 is 23.6 Å². The Labute approximate surface area is 309 Å². The van der Waals surface area contributed by atoms with Crippen molar-refractivity contribution in [1.29, 1.82) is 0 Å². The number of ether oxygens (including phenoxy) is 3. The molecule has 1 heterocycles. The lowest BCUT2D eigenvalue weighted by atomic mass is 9.51. The van der Waals surface area contributed by atoms with Crippen molar-refractivity contribution in [3.05, 3.63) is 82.9 Å². The monoisotopic (exact) mass is 737 g/mol. The van der Waals surface area contributed by atoms with Crippen molar-refractivity contribution in [2.24, 2.45) is 16.7 Å². The number of aliphatic hydroxyl groups excluding tert-OH is 4. The van der Waals surface area contributed by atoms with Crippen LogP contribution in [0.4, 0.5) is 0 Å². The first-order valence-electron chi connectivity index (χ1n) is 18.0. The minimum atomic E-state index is -2.16. The first-order valence-corrected chi connectivity index (χ1v) is 18.0. The van der Waals surface area contributed by atoms with Crippen LogP contribution in [0, 0.1) is 16.7 Å². The van der Waals surface area contributed by atoms with E-state index in [1.54, 1.807) is 88.4 Å². The highest BCUT2D eigenvalue weighted by Gasteiger charge is 2.67. The van der Waals surface area contributed by atoms with Gasteiger partial charge in [0.05, 0.1) is 37.6 Å². The molecule has 13 nitrogen and oxygen atoms in total. The summed E-state index contributed by atoms with van der Waals surface area (Å²) in [5, 5.41) is 60.6. The Hall–Kier alpha value is -3.98. The third-order valence-electron chi connectivity index (χ3n) is 11.8. The zero-order valence-corrected chi connectivity index (χ0v) is 30.7. The van der Waals surface area contributed by atoms with E-state index in [4.69, 9.17) is 14.2 Å². The average molecular weight is 738 g/mol. The number of amides is 1. The Morgan fingerprint density at radius 1 is 1.02 bits per heavy atom. The molecule has 0 unspecified atom stereocenters. The normalized spacial score (nSPS) is 31.2. The van der Waals surface area contributed by atoms with Crippen molar-refractivity contribution in [1.82, 2.24) is 5.32 Å². The van der Waals surface area contributed by atoms with Crippen molar-refractivity contribution < 1.29 is 58.9 Å². The lowest BCUT2D eigenvalue weighted by molar-refractivity contribution is -0.279. The van der Waals surface area contributed by atoms with E-state index in [0.717, 1.165) is 6.92 Å². The highest BCUT2D eigenvalue weighted by Crippen LogP contribution is 2.58. The second-order valence-corrected chi connectivity index (χ2v) is 15.1. The predicted molar refractivity (Wildman–Crippen MR) is 190 cm³/mol. The largest absolute Gasteiger partial charge is 0.456 e. The van der Waals surface area contributed by atoms with Gasteiger partial charge in [-0.3, -0.25) is 14.4 Å². The number of hydrogen-bond acceptors (Lipinski definition) is 12. The number of esters is 2. The maximum Gasteiger partial charge on any atom is 0.338 e. The molecule has 2 fully saturated rings. The van der Waals surface area contributed by atoms with Gasteiger partial charge in [-0.1, -0.05) is 69.3 Å². The summed E-state index contributed by atoms with van der Waals surface area (Å²) in [6, 6.07) is 15.3. The molecule has 1 saturated heterocycles. The maximum absolute atomic E-state index is 14.2. The fourth-order valence-electron chi connectivity index (χ4n) is 8.39. The van der Waals surface area contributed by atoms with Gasteiger partial charge in [0.2, 0.25) is 0 Å². The minimum absolute atomic E-state index is 0.0732. The van der Waals surface area contributed by atoms with E-state index in [-0.39, 0.29) is 24.2 Å². The van der Waals surface area contributed by atoms with Crippen molar-refractivity contribution in [2.45, 2.75) is 109 Å². The van der Waals surface area contributed by atoms with Crippen LogP contribution in [0.25, 0.3) is 0 Å². The molecule has 53 heavy (non-hydrogen) atoms. The number of fused-ring (bicyclic) bond motifs is 2. The highest BCUT2D eigenvalue weighted by molar-refractivity contribution is 5.95. The number of carbonyl (C=O) groups is 4. The van der Waals surface area contributed by atoms with Crippen LogP contribution in [0.2, 0.25) is 0 Å². The molecule has 2 bridgehead atoms. The molecular weight excluding hydrogens is 686 g/mol. The summed E-state index contributed by atoms with van der Waals surface area (Å²) in [5.74, 6) is -4.25. The minimum Gasteiger partial charge on any atom is -0.456 e. The Morgan fingerprint density at radius 2 is 1.64 bits per heavy atom. The Kier molecular flexibility index (Phi) is 12.0. The Bertz CT molecular complexity index is 1690. The third kappa shape index (κ3) is 7.43. The van der Waals surface area contributed by atoms with Crippen molar-refractivity contribution in [3.8, 4) is 0 Å². The molecule has 1 aliphatic heterocycles. The number of Topliss-reactive ketones (excluding diaryl/α,β-unsaturated/α-hetero) is 1. The standard InChI is InChI=1S/C40H51NO12/c1-6-26(44)17-30-39(20-42,21-51-30)27-18-28(45)34(52-23(3)43)31-22(2)29(19-40(50,35(27)47)38(31,4)5)53-37(49)33(46)32(24-13-9-7-10-14-24)41-36(48)25-15-11-8-12-16-25/h7-16,26-27,29-30,32-35,42,44,46-47,50H,6,17-21H2,1-5H3,(H,41,48)/t26-,27-,29+,30-,32+,33-,34+,35+,39+,40-/m1/s1. The summed E-state index contributed by atoms with van der Waals surface area (Å²) in [4.78, 5) is 53.8. The molecule has 2 aliphatic carbocycles. The number of benzene rings is 2. The SMILES string of the molecule is CC[C@@H](O)C[C@H]1OC[C@@]1(CO)[C@@H]1CC(=O)[C@H](OC(C)=O)C2=C(C)[C@@H](OC(=O)[C@H](O)[C@@H](NC(=O)c3ccccc3)c3ccccc3)C[C@@](O)([C@H]1O)C2(C)C. The van der Waals surface area contributed by atoms with E-state index in [2.05, 4.69) is 5.32 Å². The molecule has 0 radical (unpaired) electrons. The fraction of sp³-hybridized carbons (Fsp3) is 0.550. The van der Waals surface area contributed by atoms with Gasteiger partial charge in [0.25, 0.3) is 5.91 Å². The fourth-order valence-corrected chi connectivity index (χ4v) is 8.39. The molecule has 3 aliphatic rings. The van der Waals surface area contributed by atoms with Crippen LogP contribution in [0.3, 0.4) is 0 Å². The van der Waals surface area contributed by atoms with Crippen LogP contribution in [0.15, 0.2) is 71.8 Å². The molecule has 288 valence electrons. The summed E-state index contributed by atoms with van der Waals surface area (Å²) < 4.78 is 17.4. The first kappa shape index (κ1) is 40.2. The summed E-state index contributed by atoms with van der Waals surface area (Å²) in [5.41, 5.74) is -3.77. The van der Waals surface area contributed by atoms with Gasteiger partial charge in [0.1, 0.15) is 11.7 Å². The zero-order valence-electron chi connectivity index (χ0n) is 30.7. The third-order valence-corrected chi connectivity index (χ3v) is 11.8. The van der Waals surface area contributed by atoms with Crippen LogP contribution >= 0.6 is 0 Å². The number of ketones is 1. The molecule has 13 heteroatoms. The van der Waals surface area contributed by atoms with E-state index in [9.17, 15) is 44.7 Å². The van der Waals surface area contributed by atoms with E-state index in [1.807, 2.05) is 0 Å². The van der Waals surface area contributed by atoms with Gasteiger partial charge in [-0.25, -0.2) is 4.79 Å². The molecular formula is C40H51NO12. The zero-order chi connectivity index (χ0) is 38.9. The summed E-state index contributed by atoms with van der Waals surface area (Å²) in [6.07, 6.45) is -8.41. The molecule has 1 amide bonds. The first-order chi connectivity index (χ1) is 25.0. The molecule has 0 aromatic heterocycles. The van der Waals surface area contributed by atoms with E-state index >= 15 is 0 Å². The molecule has 5 rings (SSSR count). The number of carbonyl (C=O) groups excluding carboxylic acids is 4. The molecule has 6 N–H and O–H groups in total. The van der Waals surface area contributed by atoms with Gasteiger partial charge < -0.3 is 45.1 Å². The van der Waals surface area contributed by atoms with E-state index in [1.165, 1.54) is 0 Å². The van der Waals surface area contributed by atoms with Gasteiger partial charge in [-0.05, 0) is 42.2 Å². The molecule has 2 aromatic rings. The topological polar surface area (TPSA) is 209 Å². The van der Waals surface area contributed by atoms with Crippen molar-refractivity contribution in [3.63, 3.8) is 0 Å². The van der Waals surface area contributed by atoms with Crippen LogP contribution in [0.5, 0.6) is 0 Å². The maximum atomic E-state index is 14.2. The van der Waals surface area contributed by atoms with E-state index < -0.39 is 108 Å². The lowest BCUT2D eigenvalue weighted by Gasteiger charge is -2.61. The second kappa shape index (κ2) is 15.8. The summed E-state index contributed by atoms with van der Waals surface area (Å²) >= 11 is 0. The lowest BCUT2D eigenvalue weighted by Crippen LogP contribution is -2.70. The van der Waals surface area contributed by atoms with Crippen LogP contribution in [0.1, 0.15) is 82.3 Å². The Morgan fingerprint density at radius 3 is 2.19 bits per heavy atom. The predicted octanol–water partition coefficient (Wildman–Crippen LogP) is 2.33. The van der Waals surface area contributed by atoms with Crippen molar-refractivity contribution in [2.75, 3.05) is 13.2 Å². The quantitative estimate of drug-likeness (QED) is 0.137. The molecule has 0 spiro atoms. The average Bonchev–Trinajstić information content (AvgIpc) is 3.13. The summed E-state index contributed by atoms with van der Waals surface area (Å²) in [7, 11) is 0. The highest BCUT2D eigenvalue weighted by atomic mass is 16.6.